The molecule has 1 aromatic heterocycles. The molecule has 1 aliphatic carbocycles. The highest BCUT2D eigenvalue weighted by Gasteiger charge is 2.31. The highest BCUT2D eigenvalue weighted by molar-refractivity contribution is 6.31. The first-order valence-electron chi connectivity index (χ1n) is 7.41. The molecule has 112 valence electrons. The number of rotatable bonds is 2. The number of nitrogens with zero attached hydrogens (tertiary/aromatic N) is 4. The second-order valence-corrected chi connectivity index (χ2v) is 6.45. The summed E-state index contributed by atoms with van der Waals surface area (Å²) in [5, 5.41) is 12.9. The molecule has 1 heterocycles. The molecule has 1 aromatic carbocycles. The predicted molar refractivity (Wildman–Crippen MR) is 83.9 cm³/mol. The molecule has 6 heteroatoms. The molecule has 0 amide bonds. The Bertz CT molecular complexity index is 639. The highest BCUT2D eigenvalue weighted by atomic mass is 35.5. The van der Waals surface area contributed by atoms with Crippen molar-refractivity contribution in [2.45, 2.75) is 39.2 Å². The summed E-state index contributed by atoms with van der Waals surface area (Å²) in [7, 11) is 0. The van der Waals surface area contributed by atoms with Crippen LogP contribution >= 0.6 is 11.6 Å². The number of hydrogen-bond acceptors (Lipinski definition) is 4. The largest absolute Gasteiger partial charge is 0.398 e. The van der Waals surface area contributed by atoms with Crippen LogP contribution in [-0.2, 0) is 0 Å². The van der Waals surface area contributed by atoms with E-state index in [1.165, 1.54) is 12.8 Å². The summed E-state index contributed by atoms with van der Waals surface area (Å²) in [6, 6.07) is 5.77. The van der Waals surface area contributed by atoms with E-state index in [1.807, 2.05) is 16.8 Å². The van der Waals surface area contributed by atoms with Crippen molar-refractivity contribution in [1.29, 1.82) is 0 Å². The molecule has 0 aliphatic heterocycles. The van der Waals surface area contributed by atoms with Gasteiger partial charge in [-0.3, -0.25) is 0 Å². The monoisotopic (exact) mass is 305 g/mol. The van der Waals surface area contributed by atoms with Crippen molar-refractivity contribution in [1.82, 2.24) is 20.2 Å². The quantitative estimate of drug-likeness (QED) is 0.861. The summed E-state index contributed by atoms with van der Waals surface area (Å²) < 4.78 is 1.94. The molecule has 5 nitrogen and oxygen atoms in total. The average molecular weight is 306 g/mol. The maximum Gasteiger partial charge on any atom is 0.184 e. The van der Waals surface area contributed by atoms with Crippen molar-refractivity contribution in [3.63, 3.8) is 0 Å². The summed E-state index contributed by atoms with van der Waals surface area (Å²) in [5.74, 6) is 1.97. The van der Waals surface area contributed by atoms with Crippen LogP contribution in [0.1, 0.15) is 39.2 Å². The molecule has 0 saturated heterocycles. The van der Waals surface area contributed by atoms with E-state index in [-0.39, 0.29) is 0 Å². The van der Waals surface area contributed by atoms with E-state index in [9.17, 15) is 0 Å². The first-order chi connectivity index (χ1) is 10.1. The zero-order valence-electron chi connectivity index (χ0n) is 12.3. The molecule has 0 bridgehead atoms. The Morgan fingerprint density at radius 1 is 1.29 bits per heavy atom. The minimum atomic E-state index is 0.328. The highest BCUT2D eigenvalue weighted by Crippen LogP contribution is 2.39. The fourth-order valence-electron chi connectivity index (χ4n) is 3.23. The number of halogens is 1. The topological polar surface area (TPSA) is 69.6 Å². The second kappa shape index (κ2) is 5.64. The minimum absolute atomic E-state index is 0.328. The first-order valence-corrected chi connectivity index (χ1v) is 7.79. The molecule has 2 aromatic rings. The molecule has 3 atom stereocenters. The fraction of sp³-hybridized carbons (Fsp3) is 0.533. The maximum absolute atomic E-state index is 6.08. The van der Waals surface area contributed by atoms with Crippen LogP contribution in [0.15, 0.2) is 18.2 Å². The standard InChI is InChI=1S/C15H20ClN5/c1-9-4-3-5-14(10(9)2)21-15(18-19-20-21)12-7-6-11(16)8-13(12)17/h6-10,14H,3-5,17H2,1-2H3. The van der Waals surface area contributed by atoms with E-state index in [2.05, 4.69) is 29.4 Å². The van der Waals surface area contributed by atoms with E-state index >= 15 is 0 Å². The molecule has 0 radical (unpaired) electrons. The second-order valence-electron chi connectivity index (χ2n) is 6.01. The number of tetrazole rings is 1. The lowest BCUT2D eigenvalue weighted by molar-refractivity contribution is 0.174. The van der Waals surface area contributed by atoms with Gasteiger partial charge in [0.1, 0.15) is 0 Å². The van der Waals surface area contributed by atoms with Crippen LogP contribution in [0.25, 0.3) is 11.4 Å². The summed E-state index contributed by atoms with van der Waals surface area (Å²) in [4.78, 5) is 0. The van der Waals surface area contributed by atoms with Crippen LogP contribution in [0, 0.1) is 11.8 Å². The Labute approximate surface area is 129 Å². The minimum Gasteiger partial charge on any atom is -0.398 e. The van der Waals surface area contributed by atoms with E-state index in [0.29, 0.717) is 28.6 Å². The molecule has 3 rings (SSSR count). The number of nitrogen functional groups attached to an aromatic ring is 1. The van der Waals surface area contributed by atoms with Crippen LogP contribution in [0.3, 0.4) is 0 Å². The zero-order chi connectivity index (χ0) is 15.0. The number of benzene rings is 1. The van der Waals surface area contributed by atoms with Gasteiger partial charge >= 0.3 is 0 Å². The molecule has 3 unspecified atom stereocenters. The van der Waals surface area contributed by atoms with Crippen molar-refractivity contribution >= 4 is 17.3 Å². The first kappa shape index (κ1) is 14.3. The van der Waals surface area contributed by atoms with Crippen molar-refractivity contribution in [3.05, 3.63) is 23.2 Å². The van der Waals surface area contributed by atoms with E-state index in [1.54, 1.807) is 6.07 Å². The van der Waals surface area contributed by atoms with Crippen molar-refractivity contribution in [2.24, 2.45) is 11.8 Å². The van der Waals surface area contributed by atoms with Gasteiger partial charge in [-0.2, -0.15) is 0 Å². The van der Waals surface area contributed by atoms with Gasteiger partial charge in [0, 0.05) is 16.3 Å². The molecule has 2 N–H and O–H groups in total. The SMILES string of the molecule is CC1CCCC(n2nnnc2-c2ccc(Cl)cc2N)C1C. The lowest BCUT2D eigenvalue weighted by Gasteiger charge is -2.34. The zero-order valence-corrected chi connectivity index (χ0v) is 13.1. The molecule has 1 fully saturated rings. The van der Waals surface area contributed by atoms with Crippen LogP contribution in [0.2, 0.25) is 5.02 Å². The molecule has 0 spiro atoms. The third-order valence-corrected chi connectivity index (χ3v) is 4.96. The lowest BCUT2D eigenvalue weighted by Crippen LogP contribution is -2.28. The summed E-state index contributed by atoms with van der Waals surface area (Å²) in [6.07, 6.45) is 3.60. The normalized spacial score (nSPS) is 26.0. The Balaban J connectivity index is 2.01. The third-order valence-electron chi connectivity index (χ3n) is 4.73. The summed E-state index contributed by atoms with van der Waals surface area (Å²) in [5.41, 5.74) is 7.53. The fourth-order valence-corrected chi connectivity index (χ4v) is 3.41. The molecular weight excluding hydrogens is 286 g/mol. The summed E-state index contributed by atoms with van der Waals surface area (Å²) >= 11 is 5.97. The Hall–Kier alpha value is -1.62. The maximum atomic E-state index is 6.08. The van der Waals surface area contributed by atoms with Gasteiger partial charge in [0.2, 0.25) is 0 Å². The van der Waals surface area contributed by atoms with Crippen LogP contribution < -0.4 is 5.73 Å². The van der Waals surface area contributed by atoms with E-state index in [0.717, 1.165) is 17.8 Å². The Morgan fingerprint density at radius 2 is 2.10 bits per heavy atom. The van der Waals surface area contributed by atoms with Gasteiger partial charge in [-0.15, -0.1) is 5.10 Å². The van der Waals surface area contributed by atoms with Crippen molar-refractivity contribution in [3.8, 4) is 11.4 Å². The van der Waals surface area contributed by atoms with Gasteiger partial charge in [0.25, 0.3) is 0 Å². The van der Waals surface area contributed by atoms with Crippen molar-refractivity contribution in [2.75, 3.05) is 5.73 Å². The summed E-state index contributed by atoms with van der Waals surface area (Å²) in [6.45, 7) is 4.59. The van der Waals surface area contributed by atoms with Gasteiger partial charge in [-0.25, -0.2) is 4.68 Å². The van der Waals surface area contributed by atoms with Gasteiger partial charge in [0.05, 0.1) is 6.04 Å². The Morgan fingerprint density at radius 3 is 2.86 bits per heavy atom. The number of nitrogens with two attached hydrogens (primary N) is 1. The van der Waals surface area contributed by atoms with Gasteiger partial charge < -0.3 is 5.73 Å². The molecule has 1 saturated carbocycles. The number of anilines is 1. The third kappa shape index (κ3) is 2.62. The van der Waals surface area contributed by atoms with Crippen molar-refractivity contribution < 1.29 is 0 Å². The molecule has 1 aliphatic rings. The van der Waals surface area contributed by atoms with Crippen LogP contribution in [0.4, 0.5) is 5.69 Å². The average Bonchev–Trinajstić information content (AvgIpc) is 2.91. The predicted octanol–water partition coefficient (Wildman–Crippen LogP) is 3.57. The molecule has 21 heavy (non-hydrogen) atoms. The number of aromatic nitrogens is 4. The van der Waals surface area contributed by atoms with E-state index < -0.39 is 0 Å². The smallest absolute Gasteiger partial charge is 0.184 e. The van der Waals surface area contributed by atoms with Gasteiger partial charge in [0.15, 0.2) is 5.82 Å². The van der Waals surface area contributed by atoms with Crippen LogP contribution in [-0.4, -0.2) is 20.2 Å². The van der Waals surface area contributed by atoms with Gasteiger partial charge in [-0.1, -0.05) is 38.3 Å². The lowest BCUT2D eigenvalue weighted by atomic mass is 9.78. The van der Waals surface area contributed by atoms with E-state index in [4.69, 9.17) is 17.3 Å². The molecular formula is C15H20ClN5. The number of hydrogen-bond donors (Lipinski definition) is 1. The Kier molecular flexibility index (Phi) is 3.85. The van der Waals surface area contributed by atoms with Gasteiger partial charge in [-0.05, 0) is 46.9 Å². The van der Waals surface area contributed by atoms with Crippen LogP contribution in [0.5, 0.6) is 0 Å².